The largest absolute Gasteiger partial charge is 0.364 e. The first-order valence-electron chi connectivity index (χ1n) is 4.94. The summed E-state index contributed by atoms with van der Waals surface area (Å²) >= 11 is 0. The molecule has 0 aromatic carbocycles. The van der Waals surface area contributed by atoms with E-state index in [-0.39, 0.29) is 11.8 Å². The Morgan fingerprint density at radius 2 is 2.44 bits per heavy atom. The normalized spacial score (nSPS) is 19.1. The Bertz CT molecular complexity index is 491. The molecule has 2 rings (SSSR count). The van der Waals surface area contributed by atoms with Gasteiger partial charge in [0.25, 0.3) is 0 Å². The Labute approximate surface area is 93.5 Å². The van der Waals surface area contributed by atoms with Crippen LogP contribution >= 0.6 is 0 Å². The molecular formula is C12H11N3O. The molecule has 0 bridgehead atoms. The van der Waals surface area contributed by atoms with Crippen LogP contribution in [-0.4, -0.2) is 15.8 Å². The number of rotatable bonds is 1. The van der Waals surface area contributed by atoms with E-state index in [1.165, 1.54) is 11.8 Å². The van der Waals surface area contributed by atoms with Gasteiger partial charge in [0, 0.05) is 31.2 Å². The molecule has 1 aromatic heterocycles. The summed E-state index contributed by atoms with van der Waals surface area (Å²) < 4.78 is 0. The van der Waals surface area contributed by atoms with Gasteiger partial charge in [-0.3, -0.25) is 9.69 Å². The SMILES string of the molecule is CC(=O)N1C=CC(c2ccc[nH]2)C(C#N)=C1. The fourth-order valence-electron chi connectivity index (χ4n) is 1.66. The summed E-state index contributed by atoms with van der Waals surface area (Å²) in [4.78, 5) is 15.6. The van der Waals surface area contributed by atoms with Crippen molar-refractivity contribution in [2.75, 3.05) is 0 Å². The molecule has 1 aliphatic rings. The first-order chi connectivity index (χ1) is 7.72. The zero-order valence-corrected chi connectivity index (χ0v) is 8.84. The summed E-state index contributed by atoms with van der Waals surface area (Å²) in [7, 11) is 0. The molecule has 0 radical (unpaired) electrons. The van der Waals surface area contributed by atoms with Crippen molar-refractivity contribution >= 4 is 5.91 Å². The van der Waals surface area contributed by atoms with Gasteiger partial charge in [-0.25, -0.2) is 0 Å². The standard InChI is InChI=1S/C12H11N3O/c1-9(16)15-6-4-11(10(7-13)8-15)12-3-2-5-14-12/h2-6,8,11,14H,1H3. The van der Waals surface area contributed by atoms with Gasteiger partial charge in [-0.15, -0.1) is 0 Å². The number of H-pyrrole nitrogens is 1. The Kier molecular flexibility index (Phi) is 2.61. The molecule has 0 saturated heterocycles. The molecule has 1 aliphatic heterocycles. The predicted molar refractivity (Wildman–Crippen MR) is 58.9 cm³/mol. The quantitative estimate of drug-likeness (QED) is 0.774. The van der Waals surface area contributed by atoms with Gasteiger partial charge in [-0.2, -0.15) is 5.26 Å². The van der Waals surface area contributed by atoms with Gasteiger partial charge in [0.05, 0.1) is 17.6 Å². The van der Waals surface area contributed by atoms with Crippen LogP contribution in [0.25, 0.3) is 0 Å². The number of carbonyl (C=O) groups excluding carboxylic acids is 1. The predicted octanol–water partition coefficient (Wildman–Crippen LogP) is 1.88. The van der Waals surface area contributed by atoms with E-state index in [1.807, 2.05) is 24.4 Å². The topological polar surface area (TPSA) is 59.9 Å². The molecule has 0 spiro atoms. The van der Waals surface area contributed by atoms with Crippen LogP contribution in [0.1, 0.15) is 18.5 Å². The molecule has 0 saturated carbocycles. The van der Waals surface area contributed by atoms with Gasteiger partial charge in [0.15, 0.2) is 0 Å². The summed E-state index contributed by atoms with van der Waals surface area (Å²) in [5.41, 5.74) is 1.51. The highest BCUT2D eigenvalue weighted by molar-refractivity contribution is 5.76. The van der Waals surface area contributed by atoms with Crippen LogP contribution in [-0.2, 0) is 4.79 Å². The lowest BCUT2D eigenvalue weighted by molar-refractivity contribution is -0.124. The van der Waals surface area contributed by atoms with Crippen molar-refractivity contribution in [3.63, 3.8) is 0 Å². The fraction of sp³-hybridized carbons (Fsp3) is 0.167. The van der Waals surface area contributed by atoms with Crippen molar-refractivity contribution in [1.82, 2.24) is 9.88 Å². The van der Waals surface area contributed by atoms with Crippen molar-refractivity contribution in [2.24, 2.45) is 0 Å². The van der Waals surface area contributed by atoms with Gasteiger partial charge in [-0.1, -0.05) is 6.08 Å². The van der Waals surface area contributed by atoms with Crippen LogP contribution in [0.4, 0.5) is 0 Å². The molecule has 2 heterocycles. The Balaban J connectivity index is 2.32. The number of amides is 1. The van der Waals surface area contributed by atoms with E-state index in [0.29, 0.717) is 5.57 Å². The highest BCUT2D eigenvalue weighted by atomic mass is 16.2. The number of hydrogen-bond donors (Lipinski definition) is 1. The highest BCUT2D eigenvalue weighted by Crippen LogP contribution is 2.27. The molecule has 4 heteroatoms. The molecule has 1 aromatic rings. The zero-order chi connectivity index (χ0) is 11.5. The molecule has 0 aliphatic carbocycles. The van der Waals surface area contributed by atoms with E-state index in [1.54, 1.807) is 12.4 Å². The van der Waals surface area contributed by atoms with Crippen LogP contribution in [0.2, 0.25) is 0 Å². The Morgan fingerprint density at radius 3 is 3.00 bits per heavy atom. The molecule has 80 valence electrons. The van der Waals surface area contributed by atoms with Crippen molar-refractivity contribution in [3.05, 3.63) is 48.1 Å². The zero-order valence-electron chi connectivity index (χ0n) is 8.84. The third kappa shape index (κ3) is 1.75. The number of aromatic nitrogens is 1. The van der Waals surface area contributed by atoms with Crippen LogP contribution < -0.4 is 0 Å². The molecule has 1 N–H and O–H groups in total. The first kappa shape index (κ1) is 10.2. The second kappa shape index (κ2) is 4.07. The third-order valence-electron chi connectivity index (χ3n) is 2.50. The Hall–Kier alpha value is -2.28. The minimum Gasteiger partial charge on any atom is -0.364 e. The molecule has 4 nitrogen and oxygen atoms in total. The maximum absolute atomic E-state index is 11.2. The minimum atomic E-state index is -0.103. The molecule has 1 atom stereocenters. The van der Waals surface area contributed by atoms with E-state index >= 15 is 0 Å². The summed E-state index contributed by atoms with van der Waals surface area (Å²) in [6, 6.07) is 5.93. The minimum absolute atomic E-state index is 0.0874. The van der Waals surface area contributed by atoms with E-state index in [4.69, 9.17) is 5.26 Å². The maximum Gasteiger partial charge on any atom is 0.227 e. The van der Waals surface area contributed by atoms with Crippen molar-refractivity contribution in [3.8, 4) is 6.07 Å². The van der Waals surface area contributed by atoms with E-state index in [9.17, 15) is 4.79 Å². The lowest BCUT2D eigenvalue weighted by atomic mass is 9.95. The van der Waals surface area contributed by atoms with Crippen molar-refractivity contribution in [2.45, 2.75) is 12.8 Å². The molecule has 16 heavy (non-hydrogen) atoms. The van der Waals surface area contributed by atoms with Gasteiger partial charge >= 0.3 is 0 Å². The monoisotopic (exact) mass is 213 g/mol. The van der Waals surface area contributed by atoms with E-state index < -0.39 is 0 Å². The second-order valence-electron chi connectivity index (χ2n) is 3.57. The lowest BCUT2D eigenvalue weighted by Crippen LogP contribution is -2.21. The van der Waals surface area contributed by atoms with Gasteiger partial charge in [0.1, 0.15) is 0 Å². The lowest BCUT2D eigenvalue weighted by Gasteiger charge is -2.20. The van der Waals surface area contributed by atoms with Gasteiger partial charge < -0.3 is 4.98 Å². The molecule has 1 amide bonds. The fourth-order valence-corrected chi connectivity index (χ4v) is 1.66. The number of nitrogens with one attached hydrogen (secondary N) is 1. The van der Waals surface area contributed by atoms with E-state index in [2.05, 4.69) is 11.1 Å². The first-order valence-corrected chi connectivity index (χ1v) is 4.94. The average molecular weight is 213 g/mol. The number of hydrogen-bond acceptors (Lipinski definition) is 2. The average Bonchev–Trinajstić information content (AvgIpc) is 2.81. The Morgan fingerprint density at radius 1 is 1.62 bits per heavy atom. The molecule has 0 fully saturated rings. The van der Waals surface area contributed by atoms with Gasteiger partial charge in [-0.05, 0) is 12.1 Å². The number of nitriles is 1. The molecule has 1 unspecified atom stereocenters. The number of allylic oxidation sites excluding steroid dienone is 2. The smallest absolute Gasteiger partial charge is 0.227 e. The van der Waals surface area contributed by atoms with Crippen molar-refractivity contribution < 1.29 is 4.79 Å². The summed E-state index contributed by atoms with van der Waals surface area (Å²) in [6.07, 6.45) is 6.92. The van der Waals surface area contributed by atoms with Crippen LogP contribution in [0.5, 0.6) is 0 Å². The van der Waals surface area contributed by atoms with E-state index in [0.717, 1.165) is 5.69 Å². The number of carbonyl (C=O) groups is 1. The van der Waals surface area contributed by atoms with Crippen LogP contribution in [0.15, 0.2) is 42.4 Å². The van der Waals surface area contributed by atoms with Crippen LogP contribution in [0, 0.1) is 11.3 Å². The number of nitrogens with zero attached hydrogens (tertiary/aromatic N) is 2. The maximum atomic E-state index is 11.2. The molecular weight excluding hydrogens is 202 g/mol. The summed E-state index contributed by atoms with van der Waals surface area (Å²) in [5.74, 6) is -0.190. The summed E-state index contributed by atoms with van der Waals surface area (Å²) in [5, 5.41) is 9.06. The third-order valence-corrected chi connectivity index (χ3v) is 2.50. The van der Waals surface area contributed by atoms with Crippen molar-refractivity contribution in [1.29, 1.82) is 5.26 Å². The second-order valence-corrected chi connectivity index (χ2v) is 3.57. The number of aromatic amines is 1. The highest BCUT2D eigenvalue weighted by Gasteiger charge is 2.20. The summed E-state index contributed by atoms with van der Waals surface area (Å²) in [6.45, 7) is 1.46. The van der Waals surface area contributed by atoms with Crippen LogP contribution in [0.3, 0.4) is 0 Å². The van der Waals surface area contributed by atoms with Gasteiger partial charge in [0.2, 0.25) is 5.91 Å².